The lowest BCUT2D eigenvalue weighted by Gasteiger charge is -2.08. The first-order valence-corrected chi connectivity index (χ1v) is 5.44. The van der Waals surface area contributed by atoms with Crippen LogP contribution in [0, 0.1) is 12.3 Å². The molecular weight excluding hydrogens is 233 g/mol. The number of rotatable bonds is 1. The molecule has 0 spiro atoms. The van der Waals surface area contributed by atoms with Crippen molar-refractivity contribution in [1.82, 2.24) is 0 Å². The van der Waals surface area contributed by atoms with Gasteiger partial charge in [0.05, 0.1) is 5.56 Å². The van der Waals surface area contributed by atoms with Crippen LogP contribution in [-0.2, 0) is 6.18 Å². The van der Waals surface area contributed by atoms with Gasteiger partial charge in [-0.25, -0.2) is 0 Å². The first-order chi connectivity index (χ1) is 7.48. The summed E-state index contributed by atoms with van der Waals surface area (Å²) >= 11 is 1.33. The molecule has 1 aromatic heterocycles. The smallest absolute Gasteiger partial charge is 0.166 e. The topological polar surface area (TPSA) is 0 Å². The van der Waals surface area contributed by atoms with E-state index in [1.165, 1.54) is 23.5 Å². The molecule has 0 aliphatic heterocycles. The van der Waals surface area contributed by atoms with Crippen LogP contribution < -0.4 is 0 Å². The second kappa shape index (κ2) is 3.94. The molecule has 0 aliphatic carbocycles. The maximum Gasteiger partial charge on any atom is 0.416 e. The molecule has 0 amide bonds. The van der Waals surface area contributed by atoms with Gasteiger partial charge in [0.25, 0.3) is 0 Å². The Morgan fingerprint density at radius 3 is 2.56 bits per heavy atom. The van der Waals surface area contributed by atoms with Crippen molar-refractivity contribution in [3.05, 3.63) is 46.8 Å². The Morgan fingerprint density at radius 2 is 2.00 bits per heavy atom. The summed E-state index contributed by atoms with van der Waals surface area (Å²) in [6, 6.07) is 7.14. The Balaban J connectivity index is 2.49. The molecular formula is C12H8F3S. The van der Waals surface area contributed by atoms with E-state index in [9.17, 15) is 13.2 Å². The van der Waals surface area contributed by atoms with Crippen LogP contribution >= 0.6 is 11.3 Å². The molecule has 0 atom stereocenters. The van der Waals surface area contributed by atoms with Gasteiger partial charge in [0.2, 0.25) is 0 Å². The number of aryl methyl sites for hydroxylation is 1. The van der Waals surface area contributed by atoms with Crippen LogP contribution in [0.25, 0.3) is 10.4 Å². The minimum absolute atomic E-state index is 0.596. The van der Waals surface area contributed by atoms with E-state index < -0.39 is 11.7 Å². The van der Waals surface area contributed by atoms with Crippen molar-refractivity contribution in [3.8, 4) is 10.4 Å². The van der Waals surface area contributed by atoms with Crippen LogP contribution in [-0.4, -0.2) is 0 Å². The molecule has 0 saturated carbocycles. The van der Waals surface area contributed by atoms with E-state index in [-0.39, 0.29) is 0 Å². The third kappa shape index (κ3) is 2.11. The molecule has 0 aliphatic rings. The Kier molecular flexibility index (Phi) is 2.76. The van der Waals surface area contributed by atoms with Crippen LogP contribution in [0.4, 0.5) is 13.2 Å². The van der Waals surface area contributed by atoms with Crippen molar-refractivity contribution in [2.45, 2.75) is 13.1 Å². The third-order valence-electron chi connectivity index (χ3n) is 2.25. The molecule has 0 nitrogen and oxygen atoms in total. The van der Waals surface area contributed by atoms with Crippen molar-refractivity contribution in [2.24, 2.45) is 0 Å². The molecule has 1 aromatic carbocycles. The number of thiophene rings is 1. The molecule has 4 heteroatoms. The number of hydrogen-bond acceptors (Lipinski definition) is 1. The average Bonchev–Trinajstić information content (AvgIpc) is 2.63. The van der Waals surface area contributed by atoms with Crippen molar-refractivity contribution < 1.29 is 13.2 Å². The Morgan fingerprint density at radius 1 is 1.25 bits per heavy atom. The maximum absolute atomic E-state index is 12.5. The summed E-state index contributed by atoms with van der Waals surface area (Å²) in [7, 11) is 0. The summed E-state index contributed by atoms with van der Waals surface area (Å²) in [6.07, 6.45) is -4.29. The van der Waals surface area contributed by atoms with E-state index in [0.29, 0.717) is 5.56 Å². The van der Waals surface area contributed by atoms with E-state index in [0.717, 1.165) is 16.5 Å². The Labute approximate surface area is 95.4 Å². The SMILES string of the molecule is Cc1c[c]sc1-c1cccc(C(F)(F)F)c1. The van der Waals surface area contributed by atoms with Gasteiger partial charge in [-0.1, -0.05) is 12.1 Å². The fraction of sp³-hybridized carbons (Fsp3) is 0.167. The van der Waals surface area contributed by atoms with Gasteiger partial charge in [-0.15, -0.1) is 11.3 Å². The van der Waals surface area contributed by atoms with E-state index >= 15 is 0 Å². The van der Waals surface area contributed by atoms with Gasteiger partial charge in [-0.3, -0.25) is 0 Å². The average molecular weight is 241 g/mol. The quantitative estimate of drug-likeness (QED) is 0.687. The molecule has 0 N–H and O–H groups in total. The third-order valence-corrected chi connectivity index (χ3v) is 3.24. The van der Waals surface area contributed by atoms with E-state index in [4.69, 9.17) is 0 Å². The van der Waals surface area contributed by atoms with Crippen molar-refractivity contribution >= 4 is 11.3 Å². The van der Waals surface area contributed by atoms with E-state index in [2.05, 4.69) is 5.38 Å². The molecule has 1 heterocycles. The summed E-state index contributed by atoms with van der Waals surface area (Å²) in [5.41, 5.74) is 0.931. The van der Waals surface area contributed by atoms with Gasteiger partial charge in [0.15, 0.2) is 0 Å². The summed E-state index contributed by atoms with van der Waals surface area (Å²) in [5, 5.41) is 2.92. The number of hydrogen-bond donors (Lipinski definition) is 0. The minimum atomic E-state index is -4.29. The monoisotopic (exact) mass is 241 g/mol. The standard InChI is InChI=1S/C12H8F3S/c1-8-5-6-16-11(8)9-3-2-4-10(7-9)12(13,14)15/h2-5,7H,1H3. The molecule has 0 unspecified atom stereocenters. The normalized spacial score (nSPS) is 11.8. The van der Waals surface area contributed by atoms with Gasteiger partial charge < -0.3 is 0 Å². The molecule has 1 radical (unpaired) electrons. The highest BCUT2D eigenvalue weighted by Crippen LogP contribution is 2.34. The molecule has 2 aromatic rings. The second-order valence-electron chi connectivity index (χ2n) is 3.45. The molecule has 83 valence electrons. The van der Waals surface area contributed by atoms with Crippen molar-refractivity contribution in [2.75, 3.05) is 0 Å². The Hall–Kier alpha value is -1.29. The number of halogens is 3. The Bertz CT molecular complexity index is 497. The van der Waals surface area contributed by atoms with E-state index in [1.54, 1.807) is 12.1 Å². The predicted octanol–water partition coefficient (Wildman–Crippen LogP) is 4.54. The van der Waals surface area contributed by atoms with Gasteiger partial charge in [-0.2, -0.15) is 13.2 Å². The number of alkyl halides is 3. The fourth-order valence-electron chi connectivity index (χ4n) is 1.45. The highest BCUT2D eigenvalue weighted by atomic mass is 32.1. The van der Waals surface area contributed by atoms with Gasteiger partial charge in [0.1, 0.15) is 0 Å². The lowest BCUT2D eigenvalue weighted by molar-refractivity contribution is -0.137. The van der Waals surface area contributed by atoms with Crippen LogP contribution in [0.2, 0.25) is 0 Å². The van der Waals surface area contributed by atoms with Gasteiger partial charge in [0, 0.05) is 10.3 Å². The lowest BCUT2D eigenvalue weighted by Crippen LogP contribution is -2.04. The predicted molar refractivity (Wildman–Crippen MR) is 58.3 cm³/mol. The zero-order valence-electron chi connectivity index (χ0n) is 8.43. The highest BCUT2D eigenvalue weighted by Gasteiger charge is 2.30. The molecule has 2 rings (SSSR count). The number of benzene rings is 1. The van der Waals surface area contributed by atoms with Crippen molar-refractivity contribution in [3.63, 3.8) is 0 Å². The highest BCUT2D eigenvalue weighted by molar-refractivity contribution is 7.13. The molecule has 16 heavy (non-hydrogen) atoms. The lowest BCUT2D eigenvalue weighted by atomic mass is 10.1. The van der Waals surface area contributed by atoms with Crippen LogP contribution in [0.5, 0.6) is 0 Å². The zero-order chi connectivity index (χ0) is 11.8. The minimum Gasteiger partial charge on any atom is -0.166 e. The first-order valence-electron chi connectivity index (χ1n) is 4.62. The largest absolute Gasteiger partial charge is 0.416 e. The van der Waals surface area contributed by atoms with Gasteiger partial charge >= 0.3 is 6.18 Å². The van der Waals surface area contributed by atoms with E-state index in [1.807, 2.05) is 6.92 Å². The van der Waals surface area contributed by atoms with Gasteiger partial charge in [-0.05, 0) is 36.2 Å². The first kappa shape index (κ1) is 11.2. The summed E-state index contributed by atoms with van der Waals surface area (Å²) in [5.74, 6) is 0. The van der Waals surface area contributed by atoms with Crippen LogP contribution in [0.1, 0.15) is 11.1 Å². The summed E-state index contributed by atoms with van der Waals surface area (Å²) in [4.78, 5) is 0.839. The fourth-order valence-corrected chi connectivity index (χ4v) is 2.26. The second-order valence-corrected chi connectivity index (χ2v) is 4.30. The molecule has 0 bridgehead atoms. The van der Waals surface area contributed by atoms with Crippen LogP contribution in [0.3, 0.4) is 0 Å². The molecule has 0 saturated heterocycles. The molecule has 0 fully saturated rings. The van der Waals surface area contributed by atoms with Crippen LogP contribution in [0.15, 0.2) is 30.3 Å². The zero-order valence-corrected chi connectivity index (χ0v) is 9.25. The summed E-state index contributed by atoms with van der Waals surface area (Å²) < 4.78 is 37.5. The van der Waals surface area contributed by atoms with Crippen molar-refractivity contribution in [1.29, 1.82) is 0 Å². The summed E-state index contributed by atoms with van der Waals surface area (Å²) in [6.45, 7) is 1.86. The maximum atomic E-state index is 12.5.